The van der Waals surface area contributed by atoms with Crippen molar-refractivity contribution in [3.8, 4) is 0 Å². The van der Waals surface area contributed by atoms with Gasteiger partial charge >= 0.3 is 0 Å². The summed E-state index contributed by atoms with van der Waals surface area (Å²) in [4.78, 5) is 19.1. The highest BCUT2D eigenvalue weighted by atomic mass is 16.2. The normalized spacial score (nSPS) is 15.2. The van der Waals surface area contributed by atoms with Crippen LogP contribution < -0.4 is 4.90 Å². The van der Waals surface area contributed by atoms with E-state index in [1.54, 1.807) is 0 Å². The van der Waals surface area contributed by atoms with E-state index in [1.165, 1.54) is 5.56 Å². The van der Waals surface area contributed by atoms with Crippen LogP contribution in [0.15, 0.2) is 60.7 Å². The molecule has 4 nitrogen and oxygen atoms in total. The summed E-state index contributed by atoms with van der Waals surface area (Å²) in [7, 11) is 2.11. The van der Waals surface area contributed by atoms with Gasteiger partial charge in [-0.25, -0.2) is 0 Å². The second-order valence-corrected chi connectivity index (χ2v) is 6.68. The molecule has 0 aliphatic carbocycles. The van der Waals surface area contributed by atoms with Crippen LogP contribution in [0.1, 0.15) is 12.0 Å². The van der Waals surface area contributed by atoms with Crippen LogP contribution in [0.4, 0.5) is 5.69 Å². The second kappa shape index (κ2) is 8.67. The van der Waals surface area contributed by atoms with Gasteiger partial charge in [-0.05, 0) is 24.7 Å². The van der Waals surface area contributed by atoms with Crippen molar-refractivity contribution >= 4 is 11.6 Å². The molecular formula is C21H27N3O. The van der Waals surface area contributed by atoms with Crippen molar-refractivity contribution in [2.24, 2.45) is 0 Å². The van der Waals surface area contributed by atoms with Crippen molar-refractivity contribution in [1.29, 1.82) is 0 Å². The molecule has 1 fully saturated rings. The van der Waals surface area contributed by atoms with Crippen LogP contribution in [-0.2, 0) is 11.3 Å². The third-order valence-corrected chi connectivity index (χ3v) is 4.79. The Balaban J connectivity index is 1.62. The second-order valence-electron chi connectivity index (χ2n) is 6.68. The molecule has 3 rings (SSSR count). The minimum atomic E-state index is 0.266. The summed E-state index contributed by atoms with van der Waals surface area (Å²) in [5.74, 6) is 0.266. The van der Waals surface area contributed by atoms with E-state index in [0.717, 1.165) is 45.0 Å². The predicted molar refractivity (Wildman–Crippen MR) is 103 cm³/mol. The molecule has 1 amide bonds. The lowest BCUT2D eigenvalue weighted by molar-refractivity contribution is -0.132. The Kier molecular flexibility index (Phi) is 6.07. The molecular weight excluding hydrogens is 310 g/mol. The lowest BCUT2D eigenvalue weighted by Gasteiger charge is -2.33. The maximum Gasteiger partial charge on any atom is 0.224 e. The minimum absolute atomic E-state index is 0.266. The molecule has 0 saturated carbocycles. The topological polar surface area (TPSA) is 26.8 Å². The fourth-order valence-corrected chi connectivity index (χ4v) is 3.19. The number of carbonyl (C=O) groups is 1. The van der Waals surface area contributed by atoms with Gasteiger partial charge in [-0.15, -0.1) is 0 Å². The summed E-state index contributed by atoms with van der Waals surface area (Å²) in [6.45, 7) is 5.19. The number of rotatable bonds is 6. The third-order valence-electron chi connectivity index (χ3n) is 4.79. The molecule has 0 bridgehead atoms. The van der Waals surface area contributed by atoms with Crippen LogP contribution in [-0.4, -0.2) is 55.5 Å². The molecule has 2 aromatic rings. The molecule has 2 aromatic carbocycles. The van der Waals surface area contributed by atoms with Gasteiger partial charge in [-0.2, -0.15) is 0 Å². The fraction of sp³-hybridized carbons (Fsp3) is 0.381. The Morgan fingerprint density at radius 1 is 0.920 bits per heavy atom. The highest BCUT2D eigenvalue weighted by Crippen LogP contribution is 2.17. The van der Waals surface area contributed by atoms with Crippen LogP contribution in [0.3, 0.4) is 0 Å². The SMILES string of the molecule is CN1CCN(C(=O)CCN(Cc2ccccc2)c2ccccc2)CC1. The number of hydrogen-bond acceptors (Lipinski definition) is 3. The third kappa shape index (κ3) is 5.07. The van der Waals surface area contributed by atoms with Crippen LogP contribution in [0.25, 0.3) is 0 Å². The van der Waals surface area contributed by atoms with E-state index in [4.69, 9.17) is 0 Å². The zero-order valence-corrected chi connectivity index (χ0v) is 15.0. The maximum absolute atomic E-state index is 12.6. The smallest absolute Gasteiger partial charge is 0.224 e. The fourth-order valence-electron chi connectivity index (χ4n) is 3.19. The van der Waals surface area contributed by atoms with E-state index >= 15 is 0 Å². The summed E-state index contributed by atoms with van der Waals surface area (Å²) in [5.41, 5.74) is 2.43. The lowest BCUT2D eigenvalue weighted by Crippen LogP contribution is -2.47. The first kappa shape index (κ1) is 17.5. The van der Waals surface area contributed by atoms with Crippen molar-refractivity contribution in [2.75, 3.05) is 44.7 Å². The summed E-state index contributed by atoms with van der Waals surface area (Å²) >= 11 is 0. The van der Waals surface area contributed by atoms with E-state index in [1.807, 2.05) is 17.0 Å². The molecule has 0 N–H and O–H groups in total. The van der Waals surface area contributed by atoms with E-state index in [0.29, 0.717) is 6.42 Å². The molecule has 0 spiro atoms. The summed E-state index contributed by atoms with van der Waals surface area (Å²) < 4.78 is 0. The number of benzene rings is 2. The zero-order valence-electron chi connectivity index (χ0n) is 15.0. The molecule has 132 valence electrons. The van der Waals surface area contributed by atoms with Crippen molar-refractivity contribution < 1.29 is 4.79 Å². The number of carbonyl (C=O) groups excluding carboxylic acids is 1. The van der Waals surface area contributed by atoms with Gasteiger partial charge in [0.2, 0.25) is 5.91 Å². The molecule has 4 heteroatoms. The Morgan fingerprint density at radius 2 is 1.52 bits per heavy atom. The average molecular weight is 337 g/mol. The number of para-hydroxylation sites is 1. The molecule has 1 aliphatic heterocycles. The molecule has 0 unspecified atom stereocenters. The highest BCUT2D eigenvalue weighted by Gasteiger charge is 2.19. The van der Waals surface area contributed by atoms with Crippen molar-refractivity contribution in [3.63, 3.8) is 0 Å². The molecule has 1 heterocycles. The molecule has 0 radical (unpaired) electrons. The quantitative estimate of drug-likeness (QED) is 0.811. The first-order valence-corrected chi connectivity index (χ1v) is 9.02. The summed E-state index contributed by atoms with van der Waals surface area (Å²) in [6.07, 6.45) is 0.561. The zero-order chi connectivity index (χ0) is 17.5. The van der Waals surface area contributed by atoms with Crippen molar-refractivity contribution in [1.82, 2.24) is 9.80 Å². The van der Waals surface area contributed by atoms with E-state index < -0.39 is 0 Å². The first-order chi connectivity index (χ1) is 12.2. The lowest BCUT2D eigenvalue weighted by atomic mass is 10.2. The number of piperazine rings is 1. The van der Waals surface area contributed by atoms with Gasteiger partial charge in [0, 0.05) is 51.4 Å². The molecule has 0 atom stereocenters. The first-order valence-electron chi connectivity index (χ1n) is 9.02. The number of amides is 1. The molecule has 1 saturated heterocycles. The Morgan fingerprint density at radius 3 is 2.16 bits per heavy atom. The largest absolute Gasteiger partial charge is 0.367 e. The monoisotopic (exact) mass is 337 g/mol. The molecule has 25 heavy (non-hydrogen) atoms. The van der Waals surface area contributed by atoms with Gasteiger partial charge in [-0.1, -0.05) is 48.5 Å². The van der Waals surface area contributed by atoms with Gasteiger partial charge in [0.25, 0.3) is 0 Å². The Hall–Kier alpha value is -2.33. The van der Waals surface area contributed by atoms with Gasteiger partial charge < -0.3 is 14.7 Å². The molecule has 0 aromatic heterocycles. The number of hydrogen-bond donors (Lipinski definition) is 0. The van der Waals surface area contributed by atoms with Crippen LogP contribution in [0.5, 0.6) is 0 Å². The van der Waals surface area contributed by atoms with Crippen molar-refractivity contribution in [3.05, 3.63) is 66.2 Å². The van der Waals surface area contributed by atoms with Gasteiger partial charge in [0.15, 0.2) is 0 Å². The Bertz CT molecular complexity index is 651. The average Bonchev–Trinajstić information content (AvgIpc) is 2.67. The standard InChI is InChI=1S/C21H27N3O/c1-22-14-16-23(17-15-22)21(25)12-13-24(20-10-6-3-7-11-20)18-19-8-4-2-5-9-19/h2-11H,12-18H2,1H3. The van der Waals surface area contributed by atoms with Gasteiger partial charge in [0.1, 0.15) is 0 Å². The van der Waals surface area contributed by atoms with Gasteiger partial charge in [-0.3, -0.25) is 4.79 Å². The Labute approximate surface area is 150 Å². The number of likely N-dealkylation sites (N-methyl/N-ethyl adjacent to an activating group) is 1. The number of nitrogens with zero attached hydrogens (tertiary/aromatic N) is 3. The summed E-state index contributed by atoms with van der Waals surface area (Å²) in [5, 5.41) is 0. The van der Waals surface area contributed by atoms with Crippen LogP contribution in [0.2, 0.25) is 0 Å². The molecule has 1 aliphatic rings. The minimum Gasteiger partial charge on any atom is -0.367 e. The van der Waals surface area contributed by atoms with Crippen molar-refractivity contribution in [2.45, 2.75) is 13.0 Å². The van der Waals surface area contributed by atoms with E-state index in [2.05, 4.69) is 65.4 Å². The van der Waals surface area contributed by atoms with Crippen LogP contribution in [0, 0.1) is 0 Å². The predicted octanol–water partition coefficient (Wildman–Crippen LogP) is 2.86. The maximum atomic E-state index is 12.6. The van der Waals surface area contributed by atoms with E-state index in [9.17, 15) is 4.79 Å². The van der Waals surface area contributed by atoms with Gasteiger partial charge in [0.05, 0.1) is 0 Å². The highest BCUT2D eigenvalue weighted by molar-refractivity contribution is 5.77. The summed E-state index contributed by atoms with van der Waals surface area (Å²) in [6, 6.07) is 20.8. The van der Waals surface area contributed by atoms with E-state index in [-0.39, 0.29) is 5.91 Å². The van der Waals surface area contributed by atoms with Crippen LogP contribution >= 0.6 is 0 Å². The number of anilines is 1.